The quantitative estimate of drug-likeness (QED) is 0.863. The molecule has 1 N–H and O–H groups in total. The van der Waals surface area contributed by atoms with Gasteiger partial charge in [-0.1, -0.05) is 36.4 Å². The summed E-state index contributed by atoms with van der Waals surface area (Å²) >= 11 is 0. The first-order valence-electron chi connectivity index (χ1n) is 6.49. The summed E-state index contributed by atoms with van der Waals surface area (Å²) in [7, 11) is 0. The van der Waals surface area contributed by atoms with Crippen molar-refractivity contribution in [2.45, 2.75) is 12.5 Å². The largest absolute Gasteiger partial charge is 0.465 e. The Morgan fingerprint density at radius 3 is 2.55 bits per heavy atom. The minimum Gasteiger partial charge on any atom is -0.465 e. The second-order valence-corrected chi connectivity index (χ2v) is 4.88. The summed E-state index contributed by atoms with van der Waals surface area (Å²) in [5, 5.41) is 9.40. The molecule has 0 saturated carbocycles. The molecule has 1 atom stereocenters. The normalized spacial score (nSPS) is 17.6. The SMILES string of the molecule is O=C(O)N1CCc2ccccc2[C@@H]1c1ccc(F)cc1. The number of amides is 1. The summed E-state index contributed by atoms with van der Waals surface area (Å²) in [6.07, 6.45) is -0.242. The van der Waals surface area contributed by atoms with Crippen LogP contribution < -0.4 is 0 Å². The number of fused-ring (bicyclic) bond motifs is 1. The molecular weight excluding hydrogens is 257 g/mol. The lowest BCUT2D eigenvalue weighted by atomic mass is 9.88. The Labute approximate surface area is 116 Å². The molecule has 1 heterocycles. The lowest BCUT2D eigenvalue weighted by Gasteiger charge is -2.35. The number of nitrogens with zero attached hydrogens (tertiary/aromatic N) is 1. The van der Waals surface area contributed by atoms with E-state index >= 15 is 0 Å². The molecule has 0 saturated heterocycles. The maximum atomic E-state index is 13.1. The van der Waals surface area contributed by atoms with Gasteiger partial charge in [0.25, 0.3) is 0 Å². The van der Waals surface area contributed by atoms with Gasteiger partial charge >= 0.3 is 6.09 Å². The van der Waals surface area contributed by atoms with Crippen molar-refractivity contribution in [2.75, 3.05) is 6.54 Å². The van der Waals surface area contributed by atoms with E-state index in [0.29, 0.717) is 13.0 Å². The molecule has 4 heteroatoms. The smallest absolute Gasteiger partial charge is 0.408 e. The Morgan fingerprint density at radius 2 is 1.85 bits per heavy atom. The average molecular weight is 271 g/mol. The van der Waals surface area contributed by atoms with Gasteiger partial charge in [0.2, 0.25) is 0 Å². The van der Waals surface area contributed by atoms with Gasteiger partial charge in [-0.3, -0.25) is 4.90 Å². The van der Waals surface area contributed by atoms with Gasteiger partial charge in [-0.05, 0) is 35.2 Å². The van der Waals surface area contributed by atoms with Crippen LogP contribution in [0.1, 0.15) is 22.7 Å². The Kier molecular flexibility index (Phi) is 3.14. The molecule has 1 aliphatic heterocycles. The van der Waals surface area contributed by atoms with Crippen molar-refractivity contribution in [3.05, 3.63) is 71.0 Å². The van der Waals surface area contributed by atoms with E-state index in [2.05, 4.69) is 0 Å². The third-order valence-corrected chi connectivity index (χ3v) is 3.71. The van der Waals surface area contributed by atoms with Gasteiger partial charge in [-0.2, -0.15) is 0 Å². The van der Waals surface area contributed by atoms with Gasteiger partial charge < -0.3 is 5.11 Å². The highest BCUT2D eigenvalue weighted by atomic mass is 19.1. The van der Waals surface area contributed by atoms with E-state index in [0.717, 1.165) is 16.7 Å². The third-order valence-electron chi connectivity index (χ3n) is 3.71. The van der Waals surface area contributed by atoms with E-state index in [1.54, 1.807) is 12.1 Å². The van der Waals surface area contributed by atoms with Crippen molar-refractivity contribution in [2.24, 2.45) is 0 Å². The summed E-state index contributed by atoms with van der Waals surface area (Å²) in [5.74, 6) is -0.320. The number of carbonyl (C=O) groups is 1. The summed E-state index contributed by atoms with van der Waals surface area (Å²) in [6, 6.07) is 13.5. The monoisotopic (exact) mass is 271 g/mol. The number of halogens is 1. The van der Waals surface area contributed by atoms with Crippen molar-refractivity contribution >= 4 is 6.09 Å². The number of hydrogen-bond acceptors (Lipinski definition) is 1. The molecule has 0 spiro atoms. The molecule has 1 aliphatic rings. The van der Waals surface area contributed by atoms with Crippen LogP contribution in [-0.2, 0) is 6.42 Å². The second kappa shape index (κ2) is 4.96. The van der Waals surface area contributed by atoms with Crippen molar-refractivity contribution in [1.82, 2.24) is 4.90 Å². The molecule has 1 amide bonds. The molecule has 102 valence electrons. The molecule has 0 bridgehead atoms. The minimum atomic E-state index is -0.950. The fourth-order valence-electron chi connectivity index (χ4n) is 2.78. The highest BCUT2D eigenvalue weighted by molar-refractivity contribution is 5.67. The van der Waals surface area contributed by atoms with Gasteiger partial charge in [0, 0.05) is 6.54 Å². The van der Waals surface area contributed by atoms with Crippen molar-refractivity contribution in [3.63, 3.8) is 0 Å². The first-order valence-corrected chi connectivity index (χ1v) is 6.49. The molecule has 2 aromatic carbocycles. The molecule has 0 aliphatic carbocycles. The zero-order valence-corrected chi connectivity index (χ0v) is 10.8. The van der Waals surface area contributed by atoms with E-state index < -0.39 is 6.09 Å². The van der Waals surface area contributed by atoms with Crippen molar-refractivity contribution in [1.29, 1.82) is 0 Å². The summed E-state index contributed by atoms with van der Waals surface area (Å²) in [6.45, 7) is 0.453. The van der Waals surface area contributed by atoms with Gasteiger partial charge in [-0.25, -0.2) is 9.18 Å². The Bertz CT molecular complexity index is 639. The first kappa shape index (κ1) is 12.7. The molecule has 0 unspecified atom stereocenters. The molecule has 0 aromatic heterocycles. The minimum absolute atomic E-state index is 0.320. The van der Waals surface area contributed by atoms with Crippen LogP contribution in [0.5, 0.6) is 0 Å². The van der Waals surface area contributed by atoms with Crippen molar-refractivity contribution in [3.8, 4) is 0 Å². The molecule has 3 nitrogen and oxygen atoms in total. The van der Waals surface area contributed by atoms with Crippen LogP contribution in [0, 0.1) is 5.82 Å². The van der Waals surface area contributed by atoms with Gasteiger partial charge in [0.15, 0.2) is 0 Å². The Morgan fingerprint density at radius 1 is 1.15 bits per heavy atom. The van der Waals surface area contributed by atoms with Crippen LogP contribution in [0.2, 0.25) is 0 Å². The molecule has 3 rings (SSSR count). The van der Waals surface area contributed by atoms with Crippen LogP contribution in [0.3, 0.4) is 0 Å². The maximum Gasteiger partial charge on any atom is 0.408 e. The molecule has 0 radical (unpaired) electrons. The number of rotatable bonds is 1. The highest BCUT2D eigenvalue weighted by Gasteiger charge is 2.31. The van der Waals surface area contributed by atoms with E-state index in [1.165, 1.54) is 17.0 Å². The zero-order valence-electron chi connectivity index (χ0n) is 10.8. The Hall–Kier alpha value is -2.36. The maximum absolute atomic E-state index is 13.1. The Balaban J connectivity index is 2.11. The van der Waals surface area contributed by atoms with Gasteiger partial charge in [0.1, 0.15) is 5.82 Å². The molecular formula is C16H14FNO2. The summed E-state index contributed by atoms with van der Waals surface area (Å²) in [4.78, 5) is 12.9. The lowest BCUT2D eigenvalue weighted by Crippen LogP contribution is -2.39. The number of hydrogen-bond donors (Lipinski definition) is 1. The summed E-state index contributed by atoms with van der Waals surface area (Å²) in [5.41, 5.74) is 2.92. The molecule has 2 aromatic rings. The van der Waals surface area contributed by atoms with Crippen LogP contribution in [-0.4, -0.2) is 22.6 Å². The topological polar surface area (TPSA) is 40.5 Å². The lowest BCUT2D eigenvalue weighted by molar-refractivity contribution is 0.129. The predicted octanol–water partition coefficient (Wildman–Crippen LogP) is 3.45. The number of benzene rings is 2. The van der Waals surface area contributed by atoms with Gasteiger partial charge in [-0.15, -0.1) is 0 Å². The van der Waals surface area contributed by atoms with Crippen LogP contribution in [0.4, 0.5) is 9.18 Å². The van der Waals surface area contributed by atoms with Crippen LogP contribution in [0.15, 0.2) is 48.5 Å². The van der Waals surface area contributed by atoms with E-state index in [9.17, 15) is 14.3 Å². The van der Waals surface area contributed by atoms with Crippen LogP contribution >= 0.6 is 0 Å². The standard InChI is InChI=1S/C16H14FNO2/c17-13-7-5-12(6-8-13)15-14-4-2-1-3-11(14)9-10-18(15)16(19)20/h1-8,15H,9-10H2,(H,19,20)/t15-/m0/s1. The second-order valence-electron chi connectivity index (χ2n) is 4.88. The first-order chi connectivity index (χ1) is 9.66. The fourth-order valence-corrected chi connectivity index (χ4v) is 2.78. The van der Waals surface area contributed by atoms with Crippen molar-refractivity contribution < 1.29 is 14.3 Å². The number of carboxylic acid groups (broad SMARTS) is 1. The van der Waals surface area contributed by atoms with E-state index in [-0.39, 0.29) is 11.9 Å². The average Bonchev–Trinajstić information content (AvgIpc) is 2.47. The zero-order chi connectivity index (χ0) is 14.1. The summed E-state index contributed by atoms with van der Waals surface area (Å²) < 4.78 is 13.1. The van der Waals surface area contributed by atoms with E-state index in [1.807, 2.05) is 24.3 Å². The third kappa shape index (κ3) is 2.13. The fraction of sp³-hybridized carbons (Fsp3) is 0.188. The van der Waals surface area contributed by atoms with Gasteiger partial charge in [0.05, 0.1) is 6.04 Å². The van der Waals surface area contributed by atoms with Crippen LogP contribution in [0.25, 0.3) is 0 Å². The molecule has 20 heavy (non-hydrogen) atoms. The molecule has 0 fully saturated rings. The predicted molar refractivity (Wildman–Crippen MR) is 73.1 cm³/mol. The van der Waals surface area contributed by atoms with E-state index in [4.69, 9.17) is 0 Å². The highest BCUT2D eigenvalue weighted by Crippen LogP contribution is 2.35.